The highest BCUT2D eigenvalue weighted by molar-refractivity contribution is 5.40. The first-order valence-corrected chi connectivity index (χ1v) is 6.71. The smallest absolute Gasteiger partial charge is 0.224 e. The molecule has 5 heteroatoms. The maximum Gasteiger partial charge on any atom is 0.224 e. The van der Waals surface area contributed by atoms with Gasteiger partial charge < -0.3 is 10.6 Å². The maximum atomic E-state index is 12.8. The van der Waals surface area contributed by atoms with Crippen LogP contribution in [0.2, 0.25) is 0 Å². The van der Waals surface area contributed by atoms with Gasteiger partial charge in [0.15, 0.2) is 0 Å². The Morgan fingerprint density at radius 3 is 2.60 bits per heavy atom. The number of nitrogens with one attached hydrogen (secondary N) is 2. The molecule has 4 nitrogen and oxygen atoms in total. The molecule has 0 bridgehead atoms. The van der Waals surface area contributed by atoms with E-state index in [0.717, 1.165) is 17.8 Å². The summed E-state index contributed by atoms with van der Waals surface area (Å²) in [4.78, 5) is 8.53. The van der Waals surface area contributed by atoms with Crippen molar-refractivity contribution in [3.63, 3.8) is 0 Å². The summed E-state index contributed by atoms with van der Waals surface area (Å²) in [7, 11) is 0. The number of rotatable bonds is 6. The number of benzene rings is 1. The quantitative estimate of drug-likeness (QED) is 0.850. The second kappa shape index (κ2) is 6.84. The fourth-order valence-electron chi connectivity index (χ4n) is 1.79. The highest BCUT2D eigenvalue weighted by Gasteiger charge is 2.00. The number of anilines is 2. The molecule has 1 heterocycles. The van der Waals surface area contributed by atoms with Crippen molar-refractivity contribution in [2.24, 2.45) is 0 Å². The van der Waals surface area contributed by atoms with Crippen molar-refractivity contribution >= 4 is 11.8 Å². The van der Waals surface area contributed by atoms with Gasteiger partial charge in [0.05, 0.1) is 0 Å². The molecule has 0 aliphatic carbocycles. The van der Waals surface area contributed by atoms with Gasteiger partial charge in [-0.25, -0.2) is 9.37 Å². The van der Waals surface area contributed by atoms with Crippen molar-refractivity contribution in [3.05, 3.63) is 47.9 Å². The third kappa shape index (κ3) is 4.50. The van der Waals surface area contributed by atoms with E-state index in [1.807, 2.05) is 6.07 Å². The van der Waals surface area contributed by atoms with Crippen LogP contribution in [0.25, 0.3) is 0 Å². The lowest BCUT2D eigenvalue weighted by Gasteiger charge is -2.10. The van der Waals surface area contributed by atoms with E-state index in [4.69, 9.17) is 0 Å². The van der Waals surface area contributed by atoms with Crippen molar-refractivity contribution in [1.82, 2.24) is 9.97 Å². The molecule has 1 aromatic carbocycles. The number of halogens is 1. The Balaban J connectivity index is 1.86. The summed E-state index contributed by atoms with van der Waals surface area (Å²) in [5.41, 5.74) is 1.08. The van der Waals surface area contributed by atoms with Crippen LogP contribution < -0.4 is 10.6 Å². The average Bonchev–Trinajstić information content (AvgIpc) is 2.41. The fraction of sp³-hybridized carbons (Fsp3) is 0.333. The first kappa shape index (κ1) is 14.2. The lowest BCUT2D eigenvalue weighted by molar-refractivity contribution is 0.627. The van der Waals surface area contributed by atoms with Crippen LogP contribution in [0.1, 0.15) is 19.4 Å². The first-order valence-electron chi connectivity index (χ1n) is 6.71. The van der Waals surface area contributed by atoms with E-state index < -0.39 is 0 Å². The highest BCUT2D eigenvalue weighted by atomic mass is 19.1. The molecule has 0 radical (unpaired) electrons. The van der Waals surface area contributed by atoms with Crippen molar-refractivity contribution < 1.29 is 4.39 Å². The molecule has 1 aromatic heterocycles. The molecule has 2 aromatic rings. The average molecular weight is 274 g/mol. The zero-order valence-corrected chi connectivity index (χ0v) is 11.7. The summed E-state index contributed by atoms with van der Waals surface area (Å²) in [5.74, 6) is 1.19. The Bertz CT molecular complexity index is 540. The second-order valence-corrected chi connectivity index (χ2v) is 4.87. The van der Waals surface area contributed by atoms with E-state index in [9.17, 15) is 4.39 Å². The minimum absolute atomic E-state index is 0.211. The van der Waals surface area contributed by atoms with Crippen molar-refractivity contribution in [3.8, 4) is 0 Å². The van der Waals surface area contributed by atoms with Crippen molar-refractivity contribution in [1.29, 1.82) is 0 Å². The Hall–Kier alpha value is -2.17. The first-order chi connectivity index (χ1) is 9.63. The largest absolute Gasteiger partial charge is 0.368 e. The van der Waals surface area contributed by atoms with Gasteiger partial charge in [0.2, 0.25) is 5.95 Å². The van der Waals surface area contributed by atoms with E-state index >= 15 is 0 Å². The molecule has 0 aliphatic rings. The van der Waals surface area contributed by atoms with Crippen LogP contribution >= 0.6 is 0 Å². The molecule has 2 N–H and O–H groups in total. The monoisotopic (exact) mass is 274 g/mol. The maximum absolute atomic E-state index is 12.8. The highest BCUT2D eigenvalue weighted by Crippen LogP contribution is 2.08. The van der Waals surface area contributed by atoms with E-state index in [2.05, 4.69) is 34.4 Å². The van der Waals surface area contributed by atoms with E-state index in [1.165, 1.54) is 12.1 Å². The van der Waals surface area contributed by atoms with Gasteiger partial charge in [0, 0.05) is 18.8 Å². The molecule has 0 spiro atoms. The van der Waals surface area contributed by atoms with Crippen LogP contribution in [-0.4, -0.2) is 22.6 Å². The van der Waals surface area contributed by atoms with E-state index in [-0.39, 0.29) is 5.82 Å². The van der Waals surface area contributed by atoms with Crippen molar-refractivity contribution in [2.75, 3.05) is 17.2 Å². The zero-order chi connectivity index (χ0) is 14.4. The third-order valence-corrected chi connectivity index (χ3v) is 2.70. The molecule has 2 rings (SSSR count). The van der Waals surface area contributed by atoms with E-state index in [0.29, 0.717) is 18.5 Å². The molecule has 0 saturated heterocycles. The molecule has 106 valence electrons. The fourth-order valence-corrected chi connectivity index (χ4v) is 1.79. The van der Waals surface area contributed by atoms with Crippen LogP contribution in [0.5, 0.6) is 0 Å². The molecule has 0 aliphatic heterocycles. The second-order valence-electron chi connectivity index (χ2n) is 4.87. The van der Waals surface area contributed by atoms with Gasteiger partial charge in [-0.2, -0.15) is 4.98 Å². The number of hydrogen-bond acceptors (Lipinski definition) is 4. The minimum atomic E-state index is -0.211. The predicted molar refractivity (Wildman–Crippen MR) is 79.4 cm³/mol. The van der Waals surface area contributed by atoms with Crippen LogP contribution in [0.4, 0.5) is 16.2 Å². The Labute approximate surface area is 118 Å². The lowest BCUT2D eigenvalue weighted by Crippen LogP contribution is -2.13. The zero-order valence-electron chi connectivity index (χ0n) is 11.7. The number of hydrogen-bond donors (Lipinski definition) is 2. The third-order valence-electron chi connectivity index (χ3n) is 2.70. The number of aromatic nitrogens is 2. The summed E-state index contributed by atoms with van der Waals surface area (Å²) < 4.78 is 12.8. The molecule has 20 heavy (non-hydrogen) atoms. The summed E-state index contributed by atoms with van der Waals surface area (Å²) in [5, 5.41) is 6.39. The summed E-state index contributed by atoms with van der Waals surface area (Å²) >= 11 is 0. The summed E-state index contributed by atoms with van der Waals surface area (Å²) in [6.45, 7) is 4.82. The van der Waals surface area contributed by atoms with E-state index in [1.54, 1.807) is 18.3 Å². The SMILES string of the molecule is CC(C)Nc1ccnc(NCCc2ccc(F)cc2)n1. The molecule has 0 fully saturated rings. The van der Waals surface area contributed by atoms with Gasteiger partial charge in [0.25, 0.3) is 0 Å². The van der Waals surface area contributed by atoms with Gasteiger partial charge in [-0.1, -0.05) is 12.1 Å². The summed E-state index contributed by atoms with van der Waals surface area (Å²) in [6.07, 6.45) is 2.52. The van der Waals surface area contributed by atoms with Crippen LogP contribution in [0.3, 0.4) is 0 Å². The summed E-state index contributed by atoms with van der Waals surface area (Å²) in [6, 6.07) is 8.68. The van der Waals surface area contributed by atoms with Gasteiger partial charge in [-0.3, -0.25) is 0 Å². The molecule has 0 saturated carbocycles. The van der Waals surface area contributed by atoms with Crippen LogP contribution in [-0.2, 0) is 6.42 Å². The van der Waals surface area contributed by atoms with Crippen LogP contribution in [0, 0.1) is 5.82 Å². The van der Waals surface area contributed by atoms with Gasteiger partial charge >= 0.3 is 0 Å². The Morgan fingerprint density at radius 1 is 1.15 bits per heavy atom. The molecule has 0 unspecified atom stereocenters. The molecular formula is C15H19FN4. The normalized spacial score (nSPS) is 10.6. The predicted octanol–water partition coefficient (Wildman–Crippen LogP) is 3.09. The Kier molecular flexibility index (Phi) is 4.87. The molecule has 0 atom stereocenters. The lowest BCUT2D eigenvalue weighted by atomic mass is 10.1. The Morgan fingerprint density at radius 2 is 1.90 bits per heavy atom. The van der Waals surface area contributed by atoms with Crippen LogP contribution in [0.15, 0.2) is 36.5 Å². The minimum Gasteiger partial charge on any atom is -0.368 e. The van der Waals surface area contributed by atoms with Gasteiger partial charge in [0.1, 0.15) is 11.6 Å². The molecular weight excluding hydrogens is 255 g/mol. The van der Waals surface area contributed by atoms with Crippen molar-refractivity contribution in [2.45, 2.75) is 26.3 Å². The topological polar surface area (TPSA) is 49.8 Å². The van der Waals surface area contributed by atoms with Gasteiger partial charge in [-0.15, -0.1) is 0 Å². The molecule has 0 amide bonds. The standard InChI is InChI=1S/C15H19FN4/c1-11(2)19-14-8-10-18-15(20-14)17-9-7-12-3-5-13(16)6-4-12/h3-6,8,10-11H,7,9H2,1-2H3,(H2,17,18,19,20). The van der Waals surface area contributed by atoms with Gasteiger partial charge in [-0.05, 0) is 44.0 Å². The number of nitrogens with zero attached hydrogens (tertiary/aromatic N) is 2.